The summed E-state index contributed by atoms with van der Waals surface area (Å²) in [6.45, 7) is 12.2. The van der Waals surface area contributed by atoms with Gasteiger partial charge in [-0.15, -0.1) is 0 Å². The highest BCUT2D eigenvalue weighted by atomic mass is 16.5. The Balaban J connectivity index is 0.000000366. The van der Waals surface area contributed by atoms with Crippen LogP contribution in [0.25, 0.3) is 0 Å². The molecule has 1 heteroatoms. The summed E-state index contributed by atoms with van der Waals surface area (Å²) in [5.41, 5.74) is 0. The molecule has 3 atom stereocenters. The van der Waals surface area contributed by atoms with Crippen LogP contribution in [0, 0.1) is 11.8 Å². The van der Waals surface area contributed by atoms with Gasteiger partial charge in [0.15, 0.2) is 0 Å². The van der Waals surface area contributed by atoms with Gasteiger partial charge in [0, 0.05) is 6.61 Å². The van der Waals surface area contributed by atoms with E-state index < -0.39 is 0 Å². The monoisotopic (exact) mass is 242 g/mol. The van der Waals surface area contributed by atoms with Gasteiger partial charge in [0.1, 0.15) is 0 Å². The molecule has 1 aliphatic heterocycles. The SMILES string of the molecule is CCC(C)C1CC[C@H](C)OC1.CCCCCC. The molecule has 1 nitrogen and oxygen atoms in total. The molecule has 0 N–H and O–H groups in total. The molecule has 0 aliphatic carbocycles. The maximum absolute atomic E-state index is 5.61. The zero-order valence-corrected chi connectivity index (χ0v) is 12.8. The quantitative estimate of drug-likeness (QED) is 0.584. The molecule has 17 heavy (non-hydrogen) atoms. The van der Waals surface area contributed by atoms with Gasteiger partial charge < -0.3 is 4.74 Å². The Labute approximate surface area is 109 Å². The maximum atomic E-state index is 5.61. The lowest BCUT2D eigenvalue weighted by molar-refractivity contribution is -0.0204. The van der Waals surface area contributed by atoms with Crippen molar-refractivity contribution in [3.63, 3.8) is 0 Å². The molecule has 0 spiro atoms. The standard InChI is InChI=1S/C10H20O.C6H14/c1-4-8(2)10-6-5-9(3)11-7-10;1-3-5-6-4-2/h8-10H,4-7H2,1-3H3;3-6H2,1-2H3/t8?,9-,10?;/m0./s1. The van der Waals surface area contributed by atoms with Gasteiger partial charge in [-0.1, -0.05) is 59.8 Å². The summed E-state index contributed by atoms with van der Waals surface area (Å²) in [6.07, 6.45) is 9.97. The lowest BCUT2D eigenvalue weighted by atomic mass is 9.86. The molecular weight excluding hydrogens is 208 g/mol. The van der Waals surface area contributed by atoms with Crippen molar-refractivity contribution in [3.8, 4) is 0 Å². The van der Waals surface area contributed by atoms with Crippen LogP contribution < -0.4 is 0 Å². The Bertz CT molecular complexity index is 144. The fourth-order valence-corrected chi connectivity index (χ4v) is 2.19. The first-order valence-corrected chi connectivity index (χ1v) is 7.77. The van der Waals surface area contributed by atoms with Crippen LogP contribution in [-0.4, -0.2) is 12.7 Å². The van der Waals surface area contributed by atoms with E-state index in [-0.39, 0.29) is 0 Å². The van der Waals surface area contributed by atoms with Crippen LogP contribution in [0.4, 0.5) is 0 Å². The number of rotatable bonds is 5. The van der Waals surface area contributed by atoms with Crippen LogP contribution in [0.3, 0.4) is 0 Å². The molecule has 0 aromatic rings. The second-order valence-electron chi connectivity index (χ2n) is 5.57. The van der Waals surface area contributed by atoms with Gasteiger partial charge in [0.2, 0.25) is 0 Å². The third-order valence-corrected chi connectivity index (χ3v) is 3.94. The molecule has 104 valence electrons. The molecule has 0 saturated carbocycles. The van der Waals surface area contributed by atoms with Gasteiger partial charge in [-0.25, -0.2) is 0 Å². The Kier molecular flexibility index (Phi) is 11.0. The fraction of sp³-hybridized carbons (Fsp3) is 1.00. The van der Waals surface area contributed by atoms with Gasteiger partial charge in [0.05, 0.1) is 6.10 Å². The molecule has 1 aliphatic rings. The Hall–Kier alpha value is -0.0400. The molecule has 2 unspecified atom stereocenters. The first-order valence-electron chi connectivity index (χ1n) is 7.77. The molecule has 1 fully saturated rings. The van der Waals surface area contributed by atoms with E-state index in [0.717, 1.165) is 18.4 Å². The van der Waals surface area contributed by atoms with E-state index in [9.17, 15) is 0 Å². The molecular formula is C16H34O. The van der Waals surface area contributed by atoms with Crippen LogP contribution in [0.5, 0.6) is 0 Å². The van der Waals surface area contributed by atoms with E-state index in [1.807, 2.05) is 0 Å². The minimum atomic E-state index is 0.510. The molecule has 0 radical (unpaired) electrons. The van der Waals surface area contributed by atoms with E-state index in [0.29, 0.717) is 6.10 Å². The van der Waals surface area contributed by atoms with E-state index in [2.05, 4.69) is 34.6 Å². The Morgan fingerprint density at radius 2 is 1.65 bits per heavy atom. The summed E-state index contributed by atoms with van der Waals surface area (Å²) in [4.78, 5) is 0. The smallest absolute Gasteiger partial charge is 0.0547 e. The number of unbranched alkanes of at least 4 members (excludes halogenated alkanes) is 3. The lowest BCUT2D eigenvalue weighted by Gasteiger charge is -2.30. The molecule has 0 amide bonds. The zero-order chi connectivity index (χ0) is 13.1. The highest BCUT2D eigenvalue weighted by Gasteiger charge is 2.22. The van der Waals surface area contributed by atoms with E-state index in [1.54, 1.807) is 0 Å². The van der Waals surface area contributed by atoms with Crippen molar-refractivity contribution >= 4 is 0 Å². The average Bonchev–Trinajstić information content (AvgIpc) is 2.37. The van der Waals surface area contributed by atoms with Crippen LogP contribution in [0.2, 0.25) is 0 Å². The summed E-state index contributed by atoms with van der Waals surface area (Å²) in [7, 11) is 0. The topological polar surface area (TPSA) is 9.23 Å². The van der Waals surface area contributed by atoms with Crippen molar-refractivity contribution in [1.82, 2.24) is 0 Å². The lowest BCUT2D eigenvalue weighted by Crippen LogP contribution is -2.27. The minimum absolute atomic E-state index is 0.510. The van der Waals surface area contributed by atoms with Gasteiger partial charge >= 0.3 is 0 Å². The maximum Gasteiger partial charge on any atom is 0.0547 e. The van der Waals surface area contributed by atoms with Crippen LogP contribution in [0.1, 0.15) is 79.6 Å². The van der Waals surface area contributed by atoms with Crippen molar-refractivity contribution in [2.45, 2.75) is 85.7 Å². The Morgan fingerprint density at radius 3 is 2.00 bits per heavy atom. The van der Waals surface area contributed by atoms with E-state index in [4.69, 9.17) is 4.74 Å². The van der Waals surface area contributed by atoms with Gasteiger partial charge in [-0.2, -0.15) is 0 Å². The summed E-state index contributed by atoms with van der Waals surface area (Å²) in [5.74, 6) is 1.68. The molecule has 1 saturated heterocycles. The third kappa shape index (κ3) is 8.65. The molecule has 1 rings (SSSR count). The highest BCUT2D eigenvalue weighted by molar-refractivity contribution is 4.71. The van der Waals surface area contributed by atoms with Crippen LogP contribution in [0.15, 0.2) is 0 Å². The summed E-state index contributed by atoms with van der Waals surface area (Å²) in [6, 6.07) is 0. The highest BCUT2D eigenvalue weighted by Crippen LogP contribution is 2.26. The number of hydrogen-bond donors (Lipinski definition) is 0. The minimum Gasteiger partial charge on any atom is -0.378 e. The predicted molar refractivity (Wildman–Crippen MR) is 77.4 cm³/mol. The first kappa shape index (κ1) is 17.0. The first-order chi connectivity index (χ1) is 8.15. The summed E-state index contributed by atoms with van der Waals surface area (Å²) >= 11 is 0. The van der Waals surface area contributed by atoms with Crippen molar-refractivity contribution in [2.75, 3.05) is 6.61 Å². The summed E-state index contributed by atoms with van der Waals surface area (Å²) < 4.78 is 5.61. The number of ether oxygens (including phenoxy) is 1. The van der Waals surface area contributed by atoms with Crippen molar-refractivity contribution < 1.29 is 4.74 Å². The zero-order valence-electron chi connectivity index (χ0n) is 12.8. The van der Waals surface area contributed by atoms with Crippen molar-refractivity contribution in [1.29, 1.82) is 0 Å². The third-order valence-electron chi connectivity index (χ3n) is 3.94. The van der Waals surface area contributed by atoms with E-state index >= 15 is 0 Å². The predicted octanol–water partition coefficient (Wildman–Crippen LogP) is 5.43. The van der Waals surface area contributed by atoms with Crippen molar-refractivity contribution in [2.24, 2.45) is 11.8 Å². The molecule has 0 aromatic carbocycles. The molecule has 0 bridgehead atoms. The largest absolute Gasteiger partial charge is 0.378 e. The molecule has 0 aromatic heterocycles. The Morgan fingerprint density at radius 1 is 1.06 bits per heavy atom. The van der Waals surface area contributed by atoms with Crippen LogP contribution in [-0.2, 0) is 4.74 Å². The van der Waals surface area contributed by atoms with Gasteiger partial charge in [-0.05, 0) is 31.6 Å². The van der Waals surface area contributed by atoms with Crippen LogP contribution >= 0.6 is 0 Å². The molecule has 1 heterocycles. The fourth-order valence-electron chi connectivity index (χ4n) is 2.19. The van der Waals surface area contributed by atoms with Gasteiger partial charge in [0.25, 0.3) is 0 Å². The average molecular weight is 242 g/mol. The van der Waals surface area contributed by atoms with E-state index in [1.165, 1.54) is 44.9 Å². The second-order valence-corrected chi connectivity index (χ2v) is 5.57. The second kappa shape index (κ2) is 11.1. The normalized spacial score (nSPS) is 25.9. The number of hydrogen-bond acceptors (Lipinski definition) is 1. The van der Waals surface area contributed by atoms with Crippen molar-refractivity contribution in [3.05, 3.63) is 0 Å². The summed E-state index contributed by atoms with van der Waals surface area (Å²) in [5, 5.41) is 0. The van der Waals surface area contributed by atoms with Gasteiger partial charge in [-0.3, -0.25) is 0 Å².